The Bertz CT molecular complexity index is 1270. The van der Waals surface area contributed by atoms with E-state index in [-0.39, 0.29) is 24.9 Å². The lowest BCUT2D eigenvalue weighted by atomic mass is 10.0. The van der Waals surface area contributed by atoms with E-state index in [1.807, 2.05) is 18.2 Å². The lowest BCUT2D eigenvalue weighted by molar-refractivity contribution is -0.151. The molecular weight excluding hydrogens is 755 g/mol. The maximum absolute atomic E-state index is 13.2. The average Bonchev–Trinajstić information content (AvgIpc) is 3.25. The first-order chi connectivity index (χ1) is 30.0. The van der Waals surface area contributed by atoms with E-state index < -0.39 is 18.2 Å². The molecule has 0 aliphatic rings. The maximum atomic E-state index is 13.2. The van der Waals surface area contributed by atoms with Crippen LogP contribution in [0.15, 0.2) is 109 Å². The van der Waals surface area contributed by atoms with Gasteiger partial charge in [-0.2, -0.15) is 0 Å². The van der Waals surface area contributed by atoms with Gasteiger partial charge in [0.05, 0.1) is 25.2 Å². The summed E-state index contributed by atoms with van der Waals surface area (Å²) < 4.78 is 5.88. The Hall–Kier alpha value is -3.48. The second-order valence-corrected chi connectivity index (χ2v) is 16.2. The first kappa shape index (κ1) is 57.5. The van der Waals surface area contributed by atoms with Gasteiger partial charge in [0.1, 0.15) is 6.10 Å². The van der Waals surface area contributed by atoms with Crippen LogP contribution in [-0.2, 0) is 14.3 Å². The zero-order valence-corrected chi connectivity index (χ0v) is 39.2. The third kappa shape index (κ3) is 43.0. The molecule has 0 heterocycles. The Balaban J connectivity index is 4.81. The molecule has 0 radical (unpaired) electrons. The molecule has 346 valence electrons. The van der Waals surface area contributed by atoms with Gasteiger partial charge >= 0.3 is 5.97 Å². The molecule has 1 amide bonds. The number of allylic oxidation sites excluding steroid dienone is 18. The molecule has 0 fully saturated rings. The van der Waals surface area contributed by atoms with Gasteiger partial charge in [-0.05, 0) is 89.9 Å². The fraction of sp³-hybridized carbons (Fsp3) is 0.636. The minimum Gasteiger partial charge on any atom is -0.462 e. The summed E-state index contributed by atoms with van der Waals surface area (Å²) in [7, 11) is 0. The van der Waals surface area contributed by atoms with Crippen LogP contribution >= 0.6 is 0 Å². The standard InChI is InChI=1S/C55H91NO5/c1-4-7-10-13-16-19-21-23-25-27-29-31-33-36-39-42-45-48-55(60)61-51(46-43-40-37-35-32-30-28-26-24-22-20-17-14-11-8-5-2)49-54(59)56-52(50-57)53(58)47-44-41-38-34-18-15-12-9-6-3/h7,10,16-17,19-20,22-26,28-32,36,39,51-53,57-58H,4-6,8-9,11-15,18,21,27,33-35,37-38,40-50H2,1-3H3,(H,56,59)/b10-7-,19-16-,20-17+,24-22+,25-23-,28-26+,31-29-,32-30+,39-36-. The summed E-state index contributed by atoms with van der Waals surface area (Å²) in [6, 6.07) is -0.732. The fourth-order valence-corrected chi connectivity index (χ4v) is 6.71. The predicted molar refractivity (Wildman–Crippen MR) is 263 cm³/mol. The summed E-state index contributed by atoms with van der Waals surface area (Å²) in [6.07, 6.45) is 64.3. The van der Waals surface area contributed by atoms with E-state index in [1.54, 1.807) is 0 Å². The molecule has 0 saturated carbocycles. The summed E-state index contributed by atoms with van der Waals surface area (Å²) in [5.41, 5.74) is 0. The number of esters is 1. The number of aliphatic hydroxyl groups excluding tert-OH is 2. The highest BCUT2D eigenvalue weighted by atomic mass is 16.5. The van der Waals surface area contributed by atoms with E-state index >= 15 is 0 Å². The second-order valence-electron chi connectivity index (χ2n) is 16.2. The molecule has 3 unspecified atom stereocenters. The van der Waals surface area contributed by atoms with E-state index in [0.29, 0.717) is 25.7 Å². The Morgan fingerprint density at radius 3 is 1.51 bits per heavy atom. The highest BCUT2D eigenvalue weighted by Gasteiger charge is 2.24. The van der Waals surface area contributed by atoms with Crippen LogP contribution in [-0.4, -0.2) is 46.9 Å². The molecule has 61 heavy (non-hydrogen) atoms. The smallest absolute Gasteiger partial charge is 0.306 e. The number of nitrogens with one attached hydrogen (secondary N) is 1. The molecular formula is C55H91NO5. The Labute approximate surface area is 375 Å². The van der Waals surface area contributed by atoms with Crippen LogP contribution in [0.5, 0.6) is 0 Å². The van der Waals surface area contributed by atoms with Gasteiger partial charge in [-0.25, -0.2) is 0 Å². The first-order valence-electron chi connectivity index (χ1n) is 24.7. The molecule has 3 atom stereocenters. The van der Waals surface area contributed by atoms with Crippen LogP contribution in [0.1, 0.15) is 201 Å². The highest BCUT2D eigenvalue weighted by molar-refractivity contribution is 5.77. The van der Waals surface area contributed by atoms with Crippen molar-refractivity contribution in [3.05, 3.63) is 109 Å². The first-order valence-corrected chi connectivity index (χ1v) is 24.7. The lowest BCUT2D eigenvalue weighted by Gasteiger charge is -2.24. The third-order valence-electron chi connectivity index (χ3n) is 10.4. The summed E-state index contributed by atoms with van der Waals surface area (Å²) in [6.45, 7) is 6.27. The molecule has 0 aromatic rings. The third-order valence-corrected chi connectivity index (χ3v) is 10.4. The van der Waals surface area contributed by atoms with Crippen LogP contribution in [0.3, 0.4) is 0 Å². The quantitative estimate of drug-likeness (QED) is 0.0246. The minimum absolute atomic E-state index is 0.0217. The van der Waals surface area contributed by atoms with Crippen molar-refractivity contribution in [3.8, 4) is 0 Å². The minimum atomic E-state index is -0.813. The number of aliphatic hydroxyl groups is 2. The van der Waals surface area contributed by atoms with Crippen molar-refractivity contribution in [2.24, 2.45) is 0 Å². The number of carbonyl (C=O) groups is 2. The van der Waals surface area contributed by atoms with E-state index in [0.717, 1.165) is 89.9 Å². The van der Waals surface area contributed by atoms with Gasteiger partial charge < -0.3 is 20.3 Å². The SMILES string of the molecule is CC/C=C\C/C=C\C/C=C\C/C=C\C/C=C\CCCC(=O)OC(CCCCC/C=C/C=C/C=C/C=C/CCCCC)CC(=O)NC(CO)C(O)CCCCCCCCCCC. The maximum Gasteiger partial charge on any atom is 0.306 e. The van der Waals surface area contributed by atoms with E-state index in [9.17, 15) is 19.8 Å². The molecule has 0 aromatic carbocycles. The Kier molecular flexibility index (Phi) is 44.9. The second kappa shape index (κ2) is 47.6. The Morgan fingerprint density at radius 2 is 0.951 bits per heavy atom. The van der Waals surface area contributed by atoms with Gasteiger partial charge in [-0.1, -0.05) is 207 Å². The van der Waals surface area contributed by atoms with Gasteiger partial charge in [0.15, 0.2) is 0 Å². The van der Waals surface area contributed by atoms with Crippen molar-refractivity contribution in [2.75, 3.05) is 6.61 Å². The summed E-state index contributed by atoms with van der Waals surface area (Å²) in [4.78, 5) is 26.1. The zero-order chi connectivity index (χ0) is 44.5. The number of amides is 1. The molecule has 0 saturated heterocycles. The van der Waals surface area contributed by atoms with Crippen LogP contribution in [0.2, 0.25) is 0 Å². The number of ether oxygens (including phenoxy) is 1. The molecule has 6 heteroatoms. The summed E-state index contributed by atoms with van der Waals surface area (Å²) in [5.74, 6) is -0.595. The van der Waals surface area contributed by atoms with Crippen molar-refractivity contribution >= 4 is 11.9 Å². The van der Waals surface area contributed by atoms with Gasteiger partial charge in [0, 0.05) is 6.42 Å². The largest absolute Gasteiger partial charge is 0.462 e. The molecule has 3 N–H and O–H groups in total. The van der Waals surface area contributed by atoms with Crippen molar-refractivity contribution in [3.63, 3.8) is 0 Å². The van der Waals surface area contributed by atoms with Gasteiger partial charge in [-0.3, -0.25) is 9.59 Å². The molecule has 6 nitrogen and oxygen atoms in total. The number of rotatable bonds is 42. The van der Waals surface area contributed by atoms with E-state index in [4.69, 9.17) is 4.74 Å². The zero-order valence-electron chi connectivity index (χ0n) is 39.2. The van der Waals surface area contributed by atoms with Gasteiger partial charge in [-0.15, -0.1) is 0 Å². The monoisotopic (exact) mass is 846 g/mol. The van der Waals surface area contributed by atoms with Gasteiger partial charge in [0.2, 0.25) is 5.91 Å². The summed E-state index contributed by atoms with van der Waals surface area (Å²) >= 11 is 0. The average molecular weight is 846 g/mol. The van der Waals surface area contributed by atoms with Crippen molar-refractivity contribution in [1.29, 1.82) is 0 Å². The van der Waals surface area contributed by atoms with Crippen LogP contribution < -0.4 is 5.32 Å². The molecule has 0 aliphatic heterocycles. The van der Waals surface area contributed by atoms with Gasteiger partial charge in [0.25, 0.3) is 0 Å². The van der Waals surface area contributed by atoms with E-state index in [1.165, 1.54) is 57.8 Å². The number of carbonyl (C=O) groups excluding carboxylic acids is 2. The molecule has 0 aromatic heterocycles. The van der Waals surface area contributed by atoms with Crippen molar-refractivity contribution < 1.29 is 24.5 Å². The van der Waals surface area contributed by atoms with Crippen molar-refractivity contribution in [1.82, 2.24) is 5.32 Å². The lowest BCUT2D eigenvalue weighted by Crippen LogP contribution is -2.46. The van der Waals surface area contributed by atoms with Crippen LogP contribution in [0.25, 0.3) is 0 Å². The number of hydrogen-bond acceptors (Lipinski definition) is 5. The predicted octanol–water partition coefficient (Wildman–Crippen LogP) is 14.7. The highest BCUT2D eigenvalue weighted by Crippen LogP contribution is 2.16. The van der Waals surface area contributed by atoms with Crippen LogP contribution in [0, 0.1) is 0 Å². The van der Waals surface area contributed by atoms with E-state index in [2.05, 4.69) is 117 Å². The topological polar surface area (TPSA) is 95.9 Å². The molecule has 0 spiro atoms. The van der Waals surface area contributed by atoms with Crippen LogP contribution in [0.4, 0.5) is 0 Å². The molecule has 0 aliphatic carbocycles. The summed E-state index contributed by atoms with van der Waals surface area (Å²) in [5, 5.41) is 23.6. The normalized spacial score (nSPS) is 14.2. The fourth-order valence-electron chi connectivity index (χ4n) is 6.71. The van der Waals surface area contributed by atoms with Crippen molar-refractivity contribution in [2.45, 2.75) is 219 Å². The molecule has 0 rings (SSSR count). The number of unbranched alkanes of at least 4 members (excludes halogenated alkanes) is 15. The Morgan fingerprint density at radius 1 is 0.508 bits per heavy atom. The molecule has 0 bridgehead atoms. The number of hydrogen-bond donors (Lipinski definition) is 3.